The minimum Gasteiger partial charge on any atom is -0.306 e. The lowest BCUT2D eigenvalue weighted by Gasteiger charge is -2.15. The van der Waals surface area contributed by atoms with E-state index in [1.54, 1.807) is 0 Å². The lowest BCUT2D eigenvalue weighted by molar-refractivity contribution is 0.316. The van der Waals surface area contributed by atoms with Crippen LogP contribution in [0.4, 0.5) is 0 Å². The smallest absolute Gasteiger partial charge is 0.00218 e. The Morgan fingerprint density at radius 2 is 1.20 bits per heavy atom. The van der Waals surface area contributed by atoms with Gasteiger partial charge in [0.2, 0.25) is 0 Å². The summed E-state index contributed by atoms with van der Waals surface area (Å²) in [6.45, 7) is 5.07. The normalized spacial score (nSPS) is 28.8. The van der Waals surface area contributed by atoms with Gasteiger partial charge in [0, 0.05) is 0 Å². The van der Waals surface area contributed by atoms with Crippen LogP contribution in [0.1, 0.15) is 64.7 Å². The van der Waals surface area contributed by atoms with Gasteiger partial charge in [-0.2, -0.15) is 0 Å². The number of hydrogen-bond acceptors (Lipinski definition) is 1. The molecule has 0 aromatic heterocycles. The van der Waals surface area contributed by atoms with Crippen LogP contribution in [0.3, 0.4) is 0 Å². The fourth-order valence-electron chi connectivity index (χ4n) is 2.54. The van der Waals surface area contributed by atoms with E-state index in [0.29, 0.717) is 0 Å². The molecule has 0 bridgehead atoms. The van der Waals surface area contributed by atoms with Gasteiger partial charge >= 0.3 is 0 Å². The molecule has 1 aliphatic heterocycles. The zero-order valence-corrected chi connectivity index (χ0v) is 10.8. The van der Waals surface area contributed by atoms with Crippen LogP contribution in [-0.4, -0.2) is 25.0 Å². The Kier molecular flexibility index (Phi) is 7.08. The summed E-state index contributed by atoms with van der Waals surface area (Å²) >= 11 is 0. The van der Waals surface area contributed by atoms with Gasteiger partial charge in [-0.25, -0.2) is 0 Å². The molecule has 0 aromatic rings. The van der Waals surface area contributed by atoms with E-state index in [-0.39, 0.29) is 0 Å². The summed E-state index contributed by atoms with van der Waals surface area (Å²) in [5.41, 5.74) is 0. The average Bonchev–Trinajstić information content (AvgIpc) is 2.23. The Morgan fingerprint density at radius 3 is 1.80 bits per heavy atom. The third kappa shape index (κ3) is 6.94. The van der Waals surface area contributed by atoms with Crippen molar-refractivity contribution in [3.63, 3.8) is 0 Å². The molecular weight excluding hydrogens is 182 g/mol. The predicted molar refractivity (Wildman–Crippen MR) is 68.2 cm³/mol. The van der Waals surface area contributed by atoms with Gasteiger partial charge in [0.1, 0.15) is 0 Å². The maximum Gasteiger partial charge on any atom is -0.00218 e. The molecule has 0 radical (unpaired) electrons. The van der Waals surface area contributed by atoms with Gasteiger partial charge in [0.05, 0.1) is 0 Å². The van der Waals surface area contributed by atoms with Crippen LogP contribution in [0.5, 0.6) is 0 Å². The molecule has 0 N–H and O–H groups in total. The topological polar surface area (TPSA) is 3.24 Å². The molecule has 1 fully saturated rings. The van der Waals surface area contributed by atoms with Crippen LogP contribution < -0.4 is 0 Å². The second kappa shape index (κ2) is 8.15. The minimum atomic E-state index is 0.975. The Morgan fingerprint density at radius 1 is 0.733 bits per heavy atom. The third-order valence-electron chi connectivity index (χ3n) is 3.72. The maximum absolute atomic E-state index is 2.52. The molecule has 1 unspecified atom stereocenters. The molecule has 15 heavy (non-hydrogen) atoms. The first kappa shape index (κ1) is 13.0. The molecule has 1 atom stereocenters. The number of rotatable bonds is 0. The Bertz CT molecular complexity index is 128. The van der Waals surface area contributed by atoms with Crippen molar-refractivity contribution in [3.05, 3.63) is 0 Å². The molecule has 0 aliphatic carbocycles. The first-order valence-electron chi connectivity index (χ1n) is 6.97. The third-order valence-corrected chi connectivity index (χ3v) is 3.72. The van der Waals surface area contributed by atoms with Crippen molar-refractivity contribution in [2.75, 3.05) is 20.1 Å². The van der Waals surface area contributed by atoms with E-state index in [0.717, 1.165) is 5.92 Å². The van der Waals surface area contributed by atoms with Gasteiger partial charge in [-0.1, -0.05) is 51.9 Å². The van der Waals surface area contributed by atoms with Crippen molar-refractivity contribution >= 4 is 0 Å². The second-order valence-corrected chi connectivity index (χ2v) is 5.46. The summed E-state index contributed by atoms with van der Waals surface area (Å²) in [5, 5.41) is 0. The SMILES string of the molecule is CC1CCCCCCN(C)CCCCC1. The fourth-order valence-corrected chi connectivity index (χ4v) is 2.54. The highest BCUT2D eigenvalue weighted by atomic mass is 15.1. The highest BCUT2D eigenvalue weighted by Crippen LogP contribution is 2.17. The van der Waals surface area contributed by atoms with Crippen molar-refractivity contribution < 1.29 is 0 Å². The summed E-state index contributed by atoms with van der Waals surface area (Å²) in [4.78, 5) is 2.52. The van der Waals surface area contributed by atoms with Gasteiger partial charge in [-0.3, -0.25) is 0 Å². The van der Waals surface area contributed by atoms with Crippen LogP contribution in [0.2, 0.25) is 0 Å². The van der Waals surface area contributed by atoms with Gasteiger partial charge < -0.3 is 4.90 Å². The Labute approximate surface area is 96.2 Å². The summed E-state index contributed by atoms with van der Waals surface area (Å²) in [6, 6.07) is 0. The van der Waals surface area contributed by atoms with Crippen LogP contribution in [0, 0.1) is 5.92 Å². The fraction of sp³-hybridized carbons (Fsp3) is 1.00. The van der Waals surface area contributed by atoms with E-state index < -0.39 is 0 Å². The summed E-state index contributed by atoms with van der Waals surface area (Å²) in [5.74, 6) is 0.975. The molecule has 1 aliphatic rings. The molecule has 0 spiro atoms. The minimum absolute atomic E-state index is 0.975. The number of hydrogen-bond donors (Lipinski definition) is 0. The van der Waals surface area contributed by atoms with E-state index in [1.807, 2.05) is 0 Å². The van der Waals surface area contributed by atoms with Crippen molar-refractivity contribution in [2.45, 2.75) is 64.7 Å². The summed E-state index contributed by atoms with van der Waals surface area (Å²) < 4.78 is 0. The van der Waals surface area contributed by atoms with E-state index in [9.17, 15) is 0 Å². The molecule has 0 amide bonds. The van der Waals surface area contributed by atoms with Gasteiger partial charge in [0.15, 0.2) is 0 Å². The summed E-state index contributed by atoms with van der Waals surface area (Å²) in [7, 11) is 2.28. The molecule has 1 nitrogen and oxygen atoms in total. The zero-order valence-electron chi connectivity index (χ0n) is 10.8. The molecule has 1 saturated heterocycles. The highest BCUT2D eigenvalue weighted by Gasteiger charge is 2.04. The second-order valence-electron chi connectivity index (χ2n) is 5.46. The van der Waals surface area contributed by atoms with E-state index in [2.05, 4.69) is 18.9 Å². The quantitative estimate of drug-likeness (QED) is 0.583. The van der Waals surface area contributed by atoms with Gasteiger partial charge in [0.25, 0.3) is 0 Å². The van der Waals surface area contributed by atoms with Crippen molar-refractivity contribution in [1.29, 1.82) is 0 Å². The average molecular weight is 211 g/mol. The van der Waals surface area contributed by atoms with Crippen molar-refractivity contribution in [2.24, 2.45) is 5.92 Å². The number of nitrogens with zero attached hydrogens (tertiary/aromatic N) is 1. The molecule has 1 heteroatoms. The lowest BCUT2D eigenvalue weighted by Crippen LogP contribution is -2.20. The van der Waals surface area contributed by atoms with Crippen molar-refractivity contribution in [3.8, 4) is 0 Å². The first-order valence-corrected chi connectivity index (χ1v) is 6.97. The van der Waals surface area contributed by atoms with Crippen LogP contribution >= 0.6 is 0 Å². The Balaban J connectivity index is 2.20. The van der Waals surface area contributed by atoms with Crippen LogP contribution in [-0.2, 0) is 0 Å². The molecule has 1 heterocycles. The molecule has 1 rings (SSSR count). The maximum atomic E-state index is 2.52. The van der Waals surface area contributed by atoms with E-state index in [4.69, 9.17) is 0 Å². The summed E-state index contributed by atoms with van der Waals surface area (Å²) in [6.07, 6.45) is 13.0. The van der Waals surface area contributed by atoms with Crippen LogP contribution in [0.15, 0.2) is 0 Å². The molecular formula is C14H29N. The van der Waals surface area contributed by atoms with Gasteiger partial charge in [-0.05, 0) is 38.9 Å². The predicted octanol–water partition coefficient (Wildman–Crippen LogP) is 4.08. The largest absolute Gasteiger partial charge is 0.306 e. The van der Waals surface area contributed by atoms with E-state index >= 15 is 0 Å². The monoisotopic (exact) mass is 211 g/mol. The highest BCUT2D eigenvalue weighted by molar-refractivity contribution is 4.59. The molecule has 0 saturated carbocycles. The molecule has 0 aromatic carbocycles. The van der Waals surface area contributed by atoms with Crippen molar-refractivity contribution in [1.82, 2.24) is 4.90 Å². The van der Waals surface area contributed by atoms with Gasteiger partial charge in [-0.15, -0.1) is 0 Å². The zero-order chi connectivity index (χ0) is 10.9. The van der Waals surface area contributed by atoms with Crippen LogP contribution in [0.25, 0.3) is 0 Å². The van der Waals surface area contributed by atoms with E-state index in [1.165, 1.54) is 70.9 Å². The first-order chi connectivity index (χ1) is 7.29. The standard InChI is InChI=1S/C14H29N/c1-14-10-6-3-4-8-12-15(2)13-9-5-7-11-14/h14H,3-13H2,1-2H3. The lowest BCUT2D eigenvalue weighted by atomic mass is 9.97. The Hall–Kier alpha value is -0.0400. The molecule has 90 valence electrons.